The van der Waals surface area contributed by atoms with Gasteiger partial charge in [0.25, 0.3) is 0 Å². The van der Waals surface area contributed by atoms with Gasteiger partial charge in [0.1, 0.15) is 0 Å². The van der Waals surface area contributed by atoms with Crippen LogP contribution in [0.3, 0.4) is 0 Å². The van der Waals surface area contributed by atoms with Gasteiger partial charge < -0.3 is 5.11 Å². The summed E-state index contributed by atoms with van der Waals surface area (Å²) < 4.78 is 0. The Labute approximate surface area is 64.8 Å². The Morgan fingerprint density at radius 1 is 1.60 bits per heavy atom. The van der Waals surface area contributed by atoms with E-state index in [0.29, 0.717) is 0 Å². The van der Waals surface area contributed by atoms with Crippen molar-refractivity contribution in [2.24, 2.45) is 0 Å². The quantitative estimate of drug-likeness (QED) is 0.601. The predicted molar refractivity (Wildman–Crippen MR) is 47.1 cm³/mol. The van der Waals surface area contributed by atoms with Crippen LogP contribution in [0.15, 0.2) is 12.7 Å². The van der Waals surface area contributed by atoms with Crippen molar-refractivity contribution in [3.63, 3.8) is 0 Å². The van der Waals surface area contributed by atoms with Crippen LogP contribution in [-0.4, -0.2) is 10.7 Å². The minimum absolute atomic E-state index is 0. The predicted octanol–water partition coefficient (Wildman–Crippen LogP) is 2.75. The number of aliphatic hydroxyl groups is 1. The second-order valence-corrected chi connectivity index (χ2v) is 2.66. The molecule has 0 radical (unpaired) electrons. The van der Waals surface area contributed by atoms with Crippen molar-refractivity contribution in [1.29, 1.82) is 0 Å². The molecule has 1 heteroatoms. The molecule has 0 aliphatic carbocycles. The molecule has 0 saturated heterocycles. The fraction of sp³-hybridized carbons (Fsp3) is 0.778. The third-order valence-electron chi connectivity index (χ3n) is 1.48. The lowest BCUT2D eigenvalue weighted by Gasteiger charge is -2.16. The zero-order valence-electron chi connectivity index (χ0n) is 6.35. The Morgan fingerprint density at radius 3 is 2.40 bits per heavy atom. The molecule has 1 nitrogen and oxygen atoms in total. The third kappa shape index (κ3) is 5.83. The van der Waals surface area contributed by atoms with Gasteiger partial charge in [0.15, 0.2) is 0 Å². The summed E-state index contributed by atoms with van der Waals surface area (Å²) in [6, 6.07) is 0. The van der Waals surface area contributed by atoms with E-state index in [1.165, 1.54) is 0 Å². The molecule has 0 saturated carbocycles. The first-order valence-corrected chi connectivity index (χ1v) is 3.48. The summed E-state index contributed by atoms with van der Waals surface area (Å²) in [6.45, 7) is 7.43. The highest BCUT2D eigenvalue weighted by molar-refractivity contribution is 4.90. The number of unbranched alkanes of at least 4 members (excludes halogenated alkanes) is 1. The van der Waals surface area contributed by atoms with Crippen molar-refractivity contribution >= 4 is 0 Å². The Bertz CT molecular complexity index is 84.7. The topological polar surface area (TPSA) is 20.2 Å². The minimum Gasteiger partial charge on any atom is -0.386 e. The molecule has 0 bridgehead atoms. The second-order valence-electron chi connectivity index (χ2n) is 2.66. The van der Waals surface area contributed by atoms with E-state index >= 15 is 0 Å². The Kier molecular flexibility index (Phi) is 6.79. The second kappa shape index (κ2) is 5.48. The maximum absolute atomic E-state index is 9.34. The standard InChI is InChI=1S/C8H16O.CH4/c1-4-6-7-8(3,9)5-2;/h5,9H,2,4,6-7H2,1,3H3;1H4. The highest BCUT2D eigenvalue weighted by Crippen LogP contribution is 2.13. The molecule has 0 aromatic carbocycles. The Hall–Kier alpha value is -0.300. The van der Waals surface area contributed by atoms with Crippen molar-refractivity contribution in [2.45, 2.75) is 46.1 Å². The van der Waals surface area contributed by atoms with Crippen molar-refractivity contribution < 1.29 is 5.11 Å². The zero-order valence-corrected chi connectivity index (χ0v) is 6.35. The molecular weight excluding hydrogens is 124 g/mol. The Morgan fingerprint density at radius 2 is 2.10 bits per heavy atom. The van der Waals surface area contributed by atoms with E-state index in [1.807, 2.05) is 0 Å². The molecular formula is C9H20O. The third-order valence-corrected chi connectivity index (χ3v) is 1.48. The van der Waals surface area contributed by atoms with Gasteiger partial charge >= 0.3 is 0 Å². The summed E-state index contributed by atoms with van der Waals surface area (Å²) in [6.07, 6.45) is 4.62. The van der Waals surface area contributed by atoms with E-state index in [4.69, 9.17) is 0 Å². The van der Waals surface area contributed by atoms with Crippen LogP contribution >= 0.6 is 0 Å². The normalized spacial score (nSPS) is 15.1. The van der Waals surface area contributed by atoms with E-state index in [2.05, 4.69) is 13.5 Å². The van der Waals surface area contributed by atoms with Crippen LogP contribution in [0.5, 0.6) is 0 Å². The molecule has 10 heavy (non-hydrogen) atoms. The molecule has 0 rings (SSSR count). The van der Waals surface area contributed by atoms with Gasteiger partial charge in [-0.05, 0) is 13.3 Å². The maximum Gasteiger partial charge on any atom is 0.0797 e. The molecule has 0 aromatic heterocycles. The van der Waals surface area contributed by atoms with Gasteiger partial charge in [-0.2, -0.15) is 0 Å². The fourth-order valence-electron chi connectivity index (χ4n) is 0.637. The summed E-state index contributed by atoms with van der Waals surface area (Å²) in [5.41, 5.74) is -0.643. The van der Waals surface area contributed by atoms with E-state index in [1.54, 1.807) is 13.0 Å². The van der Waals surface area contributed by atoms with Crippen molar-refractivity contribution in [2.75, 3.05) is 0 Å². The van der Waals surface area contributed by atoms with Gasteiger partial charge in [-0.3, -0.25) is 0 Å². The van der Waals surface area contributed by atoms with Crippen LogP contribution in [0, 0.1) is 0 Å². The number of hydrogen-bond acceptors (Lipinski definition) is 1. The van der Waals surface area contributed by atoms with Crippen LogP contribution in [0.25, 0.3) is 0 Å². The first kappa shape index (κ1) is 12.4. The van der Waals surface area contributed by atoms with Crippen LogP contribution in [0.4, 0.5) is 0 Å². The Balaban J connectivity index is 0. The summed E-state index contributed by atoms with van der Waals surface area (Å²) >= 11 is 0. The van der Waals surface area contributed by atoms with Crippen LogP contribution in [0.1, 0.15) is 40.5 Å². The monoisotopic (exact) mass is 144 g/mol. The molecule has 0 fully saturated rings. The lowest BCUT2D eigenvalue weighted by Crippen LogP contribution is -2.19. The summed E-state index contributed by atoms with van der Waals surface area (Å²) in [5.74, 6) is 0. The van der Waals surface area contributed by atoms with Gasteiger partial charge in [-0.15, -0.1) is 6.58 Å². The molecule has 0 amide bonds. The van der Waals surface area contributed by atoms with Gasteiger partial charge in [0, 0.05) is 0 Å². The van der Waals surface area contributed by atoms with Gasteiger partial charge in [0.2, 0.25) is 0 Å². The number of hydrogen-bond donors (Lipinski definition) is 1. The highest BCUT2D eigenvalue weighted by atomic mass is 16.3. The SMILES string of the molecule is C.C=CC(C)(O)CCCC. The van der Waals surface area contributed by atoms with Crippen molar-refractivity contribution in [3.8, 4) is 0 Å². The van der Waals surface area contributed by atoms with Crippen molar-refractivity contribution in [3.05, 3.63) is 12.7 Å². The maximum atomic E-state index is 9.34. The smallest absolute Gasteiger partial charge is 0.0797 e. The molecule has 62 valence electrons. The lowest BCUT2D eigenvalue weighted by atomic mass is 10.00. The van der Waals surface area contributed by atoms with E-state index in [0.717, 1.165) is 19.3 Å². The zero-order chi connectivity index (χ0) is 7.33. The fourth-order valence-corrected chi connectivity index (χ4v) is 0.637. The van der Waals surface area contributed by atoms with Gasteiger partial charge in [0.05, 0.1) is 5.60 Å². The van der Waals surface area contributed by atoms with E-state index in [-0.39, 0.29) is 7.43 Å². The van der Waals surface area contributed by atoms with Gasteiger partial charge in [-0.25, -0.2) is 0 Å². The van der Waals surface area contributed by atoms with Crippen LogP contribution in [0.2, 0.25) is 0 Å². The molecule has 0 aliphatic heterocycles. The average molecular weight is 144 g/mol. The largest absolute Gasteiger partial charge is 0.386 e. The molecule has 1 unspecified atom stereocenters. The highest BCUT2D eigenvalue weighted by Gasteiger charge is 2.12. The van der Waals surface area contributed by atoms with Crippen molar-refractivity contribution in [1.82, 2.24) is 0 Å². The molecule has 1 atom stereocenters. The molecule has 1 N–H and O–H groups in total. The lowest BCUT2D eigenvalue weighted by molar-refractivity contribution is 0.0995. The first-order chi connectivity index (χ1) is 4.12. The molecule has 0 aromatic rings. The van der Waals surface area contributed by atoms with Crippen LogP contribution in [-0.2, 0) is 0 Å². The first-order valence-electron chi connectivity index (χ1n) is 3.48. The van der Waals surface area contributed by atoms with Gasteiger partial charge in [-0.1, -0.05) is 33.3 Å². The molecule has 0 heterocycles. The minimum atomic E-state index is -0.643. The molecule has 0 spiro atoms. The number of rotatable bonds is 4. The van der Waals surface area contributed by atoms with E-state index in [9.17, 15) is 5.11 Å². The molecule has 0 aliphatic rings. The summed E-state index contributed by atoms with van der Waals surface area (Å²) in [7, 11) is 0. The van der Waals surface area contributed by atoms with E-state index < -0.39 is 5.60 Å². The summed E-state index contributed by atoms with van der Waals surface area (Å²) in [5, 5.41) is 9.34. The average Bonchev–Trinajstić information content (AvgIpc) is 1.84. The van der Waals surface area contributed by atoms with Crippen LogP contribution < -0.4 is 0 Å². The summed E-state index contributed by atoms with van der Waals surface area (Å²) in [4.78, 5) is 0.